The number of benzene rings is 1. The molecule has 1 amide bonds. The summed E-state index contributed by atoms with van der Waals surface area (Å²) in [5.41, 5.74) is 0.00506. The molecule has 0 aromatic heterocycles. The summed E-state index contributed by atoms with van der Waals surface area (Å²) in [6.07, 6.45) is 2.11. The average Bonchev–Trinajstić information content (AvgIpc) is 3.21. The lowest BCUT2D eigenvalue weighted by Gasteiger charge is -2.26. The summed E-state index contributed by atoms with van der Waals surface area (Å²) in [4.78, 5) is 24.0. The van der Waals surface area contributed by atoms with Gasteiger partial charge in [-0.25, -0.2) is 0 Å². The minimum atomic E-state index is -0.470. The minimum Gasteiger partial charge on any atom is -0.484 e. The molecule has 0 radical (unpaired) electrons. The van der Waals surface area contributed by atoms with E-state index in [-0.39, 0.29) is 24.2 Å². The van der Waals surface area contributed by atoms with Gasteiger partial charge >= 0.3 is 0 Å². The molecule has 0 unspecified atom stereocenters. The molecular weight excluding hydrogens is 260 g/mol. The zero-order valence-corrected chi connectivity index (χ0v) is 11.6. The Labute approximate surface area is 117 Å². The maximum Gasteiger partial charge on any atom is 0.269 e. The molecule has 20 heavy (non-hydrogen) atoms. The Hall–Kier alpha value is -2.11. The van der Waals surface area contributed by atoms with Crippen LogP contribution in [0.3, 0.4) is 0 Å². The molecule has 108 valence electrons. The monoisotopic (exact) mass is 278 g/mol. The summed E-state index contributed by atoms with van der Waals surface area (Å²) in [6, 6.07) is 6.24. The molecule has 0 N–H and O–H groups in total. The first kappa shape index (κ1) is 14.3. The number of non-ortho nitro benzene ring substituents is 1. The highest BCUT2D eigenvalue weighted by molar-refractivity contribution is 5.78. The molecule has 1 fully saturated rings. The van der Waals surface area contributed by atoms with E-state index < -0.39 is 4.92 Å². The average molecular weight is 278 g/mol. The molecule has 0 heterocycles. The number of rotatable bonds is 6. The zero-order chi connectivity index (χ0) is 14.7. The van der Waals surface area contributed by atoms with E-state index in [4.69, 9.17) is 4.74 Å². The molecule has 6 heteroatoms. The Balaban J connectivity index is 1.90. The van der Waals surface area contributed by atoms with Gasteiger partial charge < -0.3 is 9.64 Å². The first-order chi connectivity index (χ1) is 9.49. The Morgan fingerprint density at radius 1 is 1.40 bits per heavy atom. The van der Waals surface area contributed by atoms with Crippen LogP contribution in [-0.4, -0.2) is 34.4 Å². The van der Waals surface area contributed by atoms with Gasteiger partial charge in [0, 0.05) is 24.2 Å². The lowest BCUT2D eigenvalue weighted by molar-refractivity contribution is -0.384. The minimum absolute atomic E-state index is 0.00506. The van der Waals surface area contributed by atoms with Gasteiger partial charge in [-0.1, -0.05) is 0 Å². The summed E-state index contributed by atoms with van der Waals surface area (Å²) in [5, 5.41) is 10.5. The van der Waals surface area contributed by atoms with E-state index in [1.165, 1.54) is 24.3 Å². The van der Waals surface area contributed by atoms with Crippen molar-refractivity contribution in [3.63, 3.8) is 0 Å². The third-order valence-electron chi connectivity index (χ3n) is 3.19. The van der Waals surface area contributed by atoms with Crippen LogP contribution in [0, 0.1) is 10.1 Å². The van der Waals surface area contributed by atoms with Gasteiger partial charge in [0.2, 0.25) is 0 Å². The number of carbonyl (C=O) groups excluding carboxylic acids is 1. The van der Waals surface area contributed by atoms with E-state index in [9.17, 15) is 14.9 Å². The van der Waals surface area contributed by atoms with Crippen molar-refractivity contribution in [1.82, 2.24) is 4.90 Å². The van der Waals surface area contributed by atoms with Gasteiger partial charge in [-0.3, -0.25) is 14.9 Å². The molecule has 0 aliphatic heterocycles. The fourth-order valence-corrected chi connectivity index (χ4v) is 2.15. The molecule has 1 aliphatic carbocycles. The smallest absolute Gasteiger partial charge is 0.269 e. The summed E-state index contributed by atoms with van der Waals surface area (Å²) >= 11 is 0. The molecule has 0 bridgehead atoms. The molecule has 1 saturated carbocycles. The molecule has 1 aromatic rings. The Morgan fingerprint density at radius 2 is 2.00 bits per heavy atom. The largest absolute Gasteiger partial charge is 0.484 e. The van der Waals surface area contributed by atoms with Crippen LogP contribution in [0.2, 0.25) is 0 Å². The maximum absolute atomic E-state index is 12.1. The number of carbonyl (C=O) groups is 1. The highest BCUT2D eigenvalue weighted by atomic mass is 16.6. The van der Waals surface area contributed by atoms with E-state index >= 15 is 0 Å². The third kappa shape index (κ3) is 3.46. The standard InChI is InChI=1S/C14H18N2O4/c1-10(2)15(11-3-4-11)14(17)9-20-13-7-5-12(6-8-13)16(18)19/h5-8,10-11H,3-4,9H2,1-2H3. The fourth-order valence-electron chi connectivity index (χ4n) is 2.15. The number of ether oxygens (including phenoxy) is 1. The molecule has 0 atom stereocenters. The predicted molar refractivity (Wildman–Crippen MR) is 73.6 cm³/mol. The van der Waals surface area contributed by atoms with Crippen molar-refractivity contribution in [2.45, 2.75) is 38.8 Å². The number of hydrogen-bond acceptors (Lipinski definition) is 4. The lowest BCUT2D eigenvalue weighted by atomic mass is 10.3. The highest BCUT2D eigenvalue weighted by Gasteiger charge is 2.34. The van der Waals surface area contributed by atoms with Crippen molar-refractivity contribution < 1.29 is 14.5 Å². The van der Waals surface area contributed by atoms with Crippen LogP contribution in [0.25, 0.3) is 0 Å². The van der Waals surface area contributed by atoms with Crippen LogP contribution in [0.5, 0.6) is 5.75 Å². The maximum atomic E-state index is 12.1. The number of nitro benzene ring substituents is 1. The van der Waals surface area contributed by atoms with Gasteiger partial charge in [0.1, 0.15) is 5.75 Å². The molecule has 1 aromatic carbocycles. The predicted octanol–water partition coefficient (Wildman–Crippen LogP) is 2.37. The highest BCUT2D eigenvalue weighted by Crippen LogP contribution is 2.28. The number of amides is 1. The van der Waals surface area contributed by atoms with Crippen LogP contribution in [0.4, 0.5) is 5.69 Å². The van der Waals surface area contributed by atoms with Crippen LogP contribution < -0.4 is 4.74 Å². The number of nitrogens with zero attached hydrogens (tertiary/aromatic N) is 2. The van der Waals surface area contributed by atoms with Crippen molar-refractivity contribution in [2.24, 2.45) is 0 Å². The van der Waals surface area contributed by atoms with Crippen molar-refractivity contribution in [1.29, 1.82) is 0 Å². The van der Waals surface area contributed by atoms with Gasteiger partial charge in [-0.2, -0.15) is 0 Å². The van der Waals surface area contributed by atoms with Crippen LogP contribution in [-0.2, 0) is 4.79 Å². The van der Waals surface area contributed by atoms with Crippen molar-refractivity contribution in [3.05, 3.63) is 34.4 Å². The summed E-state index contributed by atoms with van der Waals surface area (Å²) in [5.74, 6) is 0.421. The van der Waals surface area contributed by atoms with Gasteiger partial charge in [0.15, 0.2) is 6.61 Å². The van der Waals surface area contributed by atoms with Crippen molar-refractivity contribution in [2.75, 3.05) is 6.61 Å². The van der Waals surface area contributed by atoms with Gasteiger partial charge in [-0.15, -0.1) is 0 Å². The summed E-state index contributed by atoms with van der Waals surface area (Å²) in [7, 11) is 0. The topological polar surface area (TPSA) is 72.7 Å². The Bertz CT molecular complexity index is 492. The first-order valence-corrected chi connectivity index (χ1v) is 6.67. The number of nitro groups is 1. The van der Waals surface area contributed by atoms with Gasteiger partial charge in [0.05, 0.1) is 4.92 Å². The van der Waals surface area contributed by atoms with Crippen molar-refractivity contribution in [3.8, 4) is 5.75 Å². The van der Waals surface area contributed by atoms with Crippen LogP contribution in [0.1, 0.15) is 26.7 Å². The molecule has 0 spiro atoms. The second-order valence-electron chi connectivity index (χ2n) is 5.17. The molecule has 1 aliphatic rings. The zero-order valence-electron chi connectivity index (χ0n) is 11.6. The second kappa shape index (κ2) is 5.90. The van der Waals surface area contributed by atoms with E-state index in [0.717, 1.165) is 12.8 Å². The van der Waals surface area contributed by atoms with Gasteiger partial charge in [-0.05, 0) is 38.8 Å². The van der Waals surface area contributed by atoms with E-state index in [1.807, 2.05) is 18.7 Å². The second-order valence-corrected chi connectivity index (χ2v) is 5.17. The fraction of sp³-hybridized carbons (Fsp3) is 0.500. The summed E-state index contributed by atoms with van der Waals surface area (Å²) in [6.45, 7) is 3.94. The van der Waals surface area contributed by atoms with Crippen LogP contribution in [0.15, 0.2) is 24.3 Å². The normalized spacial score (nSPS) is 14.2. The summed E-state index contributed by atoms with van der Waals surface area (Å²) < 4.78 is 5.40. The molecule has 2 rings (SSSR count). The van der Waals surface area contributed by atoms with E-state index in [2.05, 4.69) is 0 Å². The quantitative estimate of drug-likeness (QED) is 0.591. The first-order valence-electron chi connectivity index (χ1n) is 6.67. The number of hydrogen-bond donors (Lipinski definition) is 0. The molecule has 0 saturated heterocycles. The van der Waals surface area contributed by atoms with E-state index in [1.54, 1.807) is 0 Å². The van der Waals surface area contributed by atoms with Crippen LogP contribution >= 0.6 is 0 Å². The Kier molecular flexibility index (Phi) is 4.22. The molecular formula is C14H18N2O4. The SMILES string of the molecule is CC(C)N(C(=O)COc1ccc([N+](=O)[O-])cc1)C1CC1. The molecule has 6 nitrogen and oxygen atoms in total. The van der Waals surface area contributed by atoms with Gasteiger partial charge in [0.25, 0.3) is 11.6 Å². The van der Waals surface area contributed by atoms with Crippen molar-refractivity contribution >= 4 is 11.6 Å². The third-order valence-corrected chi connectivity index (χ3v) is 3.19. The lowest BCUT2D eigenvalue weighted by Crippen LogP contribution is -2.41. The van der Waals surface area contributed by atoms with E-state index in [0.29, 0.717) is 11.8 Å². The Morgan fingerprint density at radius 3 is 2.45 bits per heavy atom.